The molecule has 0 aromatic heterocycles. The molecule has 2 heteroatoms. The number of carbonyl (C=O) groups is 1. The van der Waals surface area contributed by atoms with Gasteiger partial charge in [0.15, 0.2) is 0 Å². The first-order valence-electron chi connectivity index (χ1n) is 4.50. The van der Waals surface area contributed by atoms with Crippen molar-refractivity contribution in [1.29, 1.82) is 0 Å². The molecular weight excluding hydrogens is 176 g/mol. The zero-order valence-corrected chi connectivity index (χ0v) is 8.70. The predicted molar refractivity (Wildman–Crippen MR) is 57.1 cm³/mol. The topological polar surface area (TPSA) is 26.3 Å². The van der Waals surface area contributed by atoms with Crippen LogP contribution >= 0.6 is 0 Å². The van der Waals surface area contributed by atoms with Crippen LogP contribution in [-0.2, 0) is 4.74 Å². The Morgan fingerprint density at radius 3 is 2.14 bits per heavy atom. The summed E-state index contributed by atoms with van der Waals surface area (Å²) in [5, 5.41) is 0. The van der Waals surface area contributed by atoms with Crippen molar-refractivity contribution < 1.29 is 9.53 Å². The van der Waals surface area contributed by atoms with Crippen LogP contribution in [0.1, 0.15) is 29.8 Å². The molecule has 0 bridgehead atoms. The molecule has 0 aliphatic carbocycles. The standard InChI is InChI=1S/C12H14O2/c1-4-9(2)10-5-7-11(8-6-10)12(13)14-3/h4-8H,1-3H3. The molecule has 0 radical (unpaired) electrons. The molecule has 0 aliphatic rings. The number of carbonyl (C=O) groups excluding carboxylic acids is 1. The Kier molecular flexibility index (Phi) is 3.46. The van der Waals surface area contributed by atoms with Crippen LogP contribution in [0.25, 0.3) is 5.57 Å². The van der Waals surface area contributed by atoms with Crippen LogP contribution in [0.15, 0.2) is 30.3 Å². The molecule has 1 rings (SSSR count). The Bertz CT molecular complexity index is 347. The van der Waals surface area contributed by atoms with Gasteiger partial charge in [0.1, 0.15) is 0 Å². The fraction of sp³-hybridized carbons (Fsp3) is 0.250. The average Bonchev–Trinajstić information content (AvgIpc) is 2.27. The summed E-state index contributed by atoms with van der Waals surface area (Å²) in [6, 6.07) is 7.38. The summed E-state index contributed by atoms with van der Waals surface area (Å²) in [7, 11) is 1.38. The lowest BCUT2D eigenvalue weighted by atomic mass is 10.1. The van der Waals surface area contributed by atoms with Gasteiger partial charge in [-0.25, -0.2) is 4.79 Å². The van der Waals surface area contributed by atoms with E-state index in [0.29, 0.717) is 5.56 Å². The van der Waals surface area contributed by atoms with Gasteiger partial charge in [0.25, 0.3) is 0 Å². The summed E-state index contributed by atoms with van der Waals surface area (Å²) in [6.45, 7) is 4.02. The molecule has 0 aliphatic heterocycles. The highest BCUT2D eigenvalue weighted by molar-refractivity contribution is 5.89. The summed E-state index contributed by atoms with van der Waals surface area (Å²) in [4.78, 5) is 11.1. The molecular formula is C12H14O2. The zero-order chi connectivity index (χ0) is 10.6. The average molecular weight is 190 g/mol. The second-order valence-corrected chi connectivity index (χ2v) is 3.04. The van der Waals surface area contributed by atoms with Crippen molar-refractivity contribution in [2.45, 2.75) is 13.8 Å². The lowest BCUT2D eigenvalue weighted by Crippen LogP contribution is -2.00. The molecule has 1 aromatic carbocycles. The Balaban J connectivity index is 2.95. The fourth-order valence-corrected chi connectivity index (χ4v) is 1.15. The van der Waals surface area contributed by atoms with E-state index in [4.69, 9.17) is 0 Å². The summed E-state index contributed by atoms with van der Waals surface area (Å²) in [5.41, 5.74) is 2.90. The quantitative estimate of drug-likeness (QED) is 0.670. The van der Waals surface area contributed by atoms with Crippen molar-refractivity contribution in [3.63, 3.8) is 0 Å². The summed E-state index contributed by atoms with van der Waals surface area (Å²) in [5.74, 6) is -0.297. The summed E-state index contributed by atoms with van der Waals surface area (Å²) in [6.07, 6.45) is 2.03. The maximum atomic E-state index is 11.1. The van der Waals surface area contributed by atoms with Crippen LogP contribution in [-0.4, -0.2) is 13.1 Å². The van der Waals surface area contributed by atoms with E-state index < -0.39 is 0 Å². The number of ether oxygens (including phenoxy) is 1. The van der Waals surface area contributed by atoms with Gasteiger partial charge < -0.3 is 4.74 Å². The van der Waals surface area contributed by atoms with Crippen molar-refractivity contribution in [1.82, 2.24) is 0 Å². The first kappa shape index (κ1) is 10.5. The van der Waals surface area contributed by atoms with E-state index in [1.165, 1.54) is 12.7 Å². The number of hydrogen-bond donors (Lipinski definition) is 0. The number of allylic oxidation sites excluding steroid dienone is 2. The SMILES string of the molecule is CC=C(C)c1ccc(C(=O)OC)cc1. The lowest BCUT2D eigenvalue weighted by Gasteiger charge is -2.02. The lowest BCUT2D eigenvalue weighted by molar-refractivity contribution is 0.0601. The molecule has 74 valence electrons. The maximum absolute atomic E-state index is 11.1. The Morgan fingerprint density at radius 1 is 1.21 bits per heavy atom. The van der Waals surface area contributed by atoms with Crippen LogP contribution in [0.2, 0.25) is 0 Å². The molecule has 0 amide bonds. The van der Waals surface area contributed by atoms with Crippen molar-refractivity contribution >= 4 is 11.5 Å². The van der Waals surface area contributed by atoms with Crippen LogP contribution in [0.5, 0.6) is 0 Å². The number of esters is 1. The molecule has 2 nitrogen and oxygen atoms in total. The number of methoxy groups -OCH3 is 1. The minimum atomic E-state index is -0.297. The highest BCUT2D eigenvalue weighted by atomic mass is 16.5. The highest BCUT2D eigenvalue weighted by Gasteiger charge is 2.04. The molecule has 1 aromatic rings. The molecule has 0 N–H and O–H groups in total. The molecule has 14 heavy (non-hydrogen) atoms. The van der Waals surface area contributed by atoms with E-state index in [-0.39, 0.29) is 5.97 Å². The van der Waals surface area contributed by atoms with Crippen LogP contribution in [0.4, 0.5) is 0 Å². The largest absolute Gasteiger partial charge is 0.465 e. The molecule has 0 spiro atoms. The van der Waals surface area contributed by atoms with E-state index >= 15 is 0 Å². The van der Waals surface area contributed by atoms with Gasteiger partial charge in [0.05, 0.1) is 12.7 Å². The van der Waals surface area contributed by atoms with Gasteiger partial charge in [-0.3, -0.25) is 0 Å². The second kappa shape index (κ2) is 4.61. The minimum Gasteiger partial charge on any atom is -0.465 e. The molecule has 0 saturated carbocycles. The molecule has 0 atom stereocenters. The Labute approximate surface area is 84.2 Å². The highest BCUT2D eigenvalue weighted by Crippen LogP contribution is 2.14. The van der Waals surface area contributed by atoms with Gasteiger partial charge in [0, 0.05) is 0 Å². The van der Waals surface area contributed by atoms with Gasteiger partial charge >= 0.3 is 5.97 Å². The van der Waals surface area contributed by atoms with Crippen LogP contribution in [0, 0.1) is 0 Å². The molecule has 0 saturated heterocycles. The van der Waals surface area contributed by atoms with Gasteiger partial charge in [-0.15, -0.1) is 0 Å². The number of hydrogen-bond acceptors (Lipinski definition) is 2. The third kappa shape index (κ3) is 2.22. The van der Waals surface area contributed by atoms with E-state index in [2.05, 4.69) is 4.74 Å². The zero-order valence-electron chi connectivity index (χ0n) is 8.70. The smallest absolute Gasteiger partial charge is 0.337 e. The van der Waals surface area contributed by atoms with Crippen molar-refractivity contribution in [3.05, 3.63) is 41.5 Å². The normalized spacial score (nSPS) is 11.2. The summed E-state index contributed by atoms with van der Waals surface area (Å²) >= 11 is 0. The second-order valence-electron chi connectivity index (χ2n) is 3.04. The van der Waals surface area contributed by atoms with Gasteiger partial charge in [-0.05, 0) is 37.1 Å². The monoisotopic (exact) mass is 190 g/mol. The number of benzene rings is 1. The van der Waals surface area contributed by atoms with E-state index in [1.54, 1.807) is 12.1 Å². The van der Waals surface area contributed by atoms with Gasteiger partial charge in [0.2, 0.25) is 0 Å². The van der Waals surface area contributed by atoms with Crippen LogP contribution < -0.4 is 0 Å². The fourth-order valence-electron chi connectivity index (χ4n) is 1.15. The minimum absolute atomic E-state index is 0.297. The van der Waals surface area contributed by atoms with Crippen LogP contribution in [0.3, 0.4) is 0 Å². The third-order valence-corrected chi connectivity index (χ3v) is 2.19. The van der Waals surface area contributed by atoms with Gasteiger partial charge in [-0.2, -0.15) is 0 Å². The maximum Gasteiger partial charge on any atom is 0.337 e. The van der Waals surface area contributed by atoms with Crippen molar-refractivity contribution in [2.24, 2.45) is 0 Å². The van der Waals surface area contributed by atoms with Gasteiger partial charge in [-0.1, -0.05) is 18.2 Å². The Hall–Kier alpha value is -1.57. The predicted octanol–water partition coefficient (Wildman–Crippen LogP) is 2.90. The van der Waals surface area contributed by atoms with E-state index in [1.807, 2.05) is 32.1 Å². The first-order valence-corrected chi connectivity index (χ1v) is 4.50. The first-order chi connectivity index (χ1) is 6.69. The third-order valence-electron chi connectivity index (χ3n) is 2.19. The van der Waals surface area contributed by atoms with Crippen molar-refractivity contribution in [2.75, 3.05) is 7.11 Å². The summed E-state index contributed by atoms with van der Waals surface area (Å²) < 4.78 is 4.61. The number of rotatable bonds is 2. The molecule has 0 unspecified atom stereocenters. The van der Waals surface area contributed by atoms with E-state index in [0.717, 1.165) is 5.56 Å². The van der Waals surface area contributed by atoms with Crippen molar-refractivity contribution in [3.8, 4) is 0 Å². The Morgan fingerprint density at radius 2 is 1.71 bits per heavy atom. The van der Waals surface area contributed by atoms with E-state index in [9.17, 15) is 4.79 Å². The molecule has 0 heterocycles. The molecule has 0 fully saturated rings.